The molecule has 1 aliphatic heterocycles. The molecule has 1 saturated heterocycles. The maximum absolute atomic E-state index is 13.8. The van der Waals surface area contributed by atoms with Crippen LogP contribution in [0.25, 0.3) is 6.08 Å². The number of amides is 1. The molecule has 3 rings (SSSR count). The fourth-order valence-corrected chi connectivity index (χ4v) is 3.21. The summed E-state index contributed by atoms with van der Waals surface area (Å²) in [6.07, 6.45) is 1.49. The molecule has 0 atom stereocenters. The zero-order valence-electron chi connectivity index (χ0n) is 16.2. The first-order chi connectivity index (χ1) is 14.7. The van der Waals surface area contributed by atoms with Crippen LogP contribution in [0.15, 0.2) is 23.9 Å². The number of halogens is 5. The third kappa shape index (κ3) is 4.18. The van der Waals surface area contributed by atoms with Crippen molar-refractivity contribution in [3.05, 3.63) is 64.1 Å². The Hall–Kier alpha value is -3.21. The van der Waals surface area contributed by atoms with E-state index >= 15 is 0 Å². The fraction of sp³-hybridized carbons (Fsp3) is 0.200. The molecule has 0 aliphatic carbocycles. The second-order valence-corrected chi connectivity index (χ2v) is 6.68. The maximum atomic E-state index is 13.8. The predicted molar refractivity (Wildman–Crippen MR) is 105 cm³/mol. The van der Waals surface area contributed by atoms with Gasteiger partial charge in [-0.25, -0.2) is 13.2 Å². The highest BCUT2D eigenvalue weighted by molar-refractivity contribution is 7.80. The molecule has 2 aromatic carbocycles. The molecule has 1 heterocycles. The summed E-state index contributed by atoms with van der Waals surface area (Å²) < 4.78 is 77.6. The van der Waals surface area contributed by atoms with Crippen LogP contribution >= 0.6 is 12.2 Å². The van der Waals surface area contributed by atoms with E-state index in [1.165, 1.54) is 30.2 Å². The number of hydrogen-bond donors (Lipinski definition) is 1. The van der Waals surface area contributed by atoms with Gasteiger partial charge in [0, 0.05) is 12.1 Å². The summed E-state index contributed by atoms with van der Waals surface area (Å²) in [5, 5.41) is 3.03. The molecule has 0 saturated carbocycles. The highest BCUT2D eigenvalue weighted by Gasteiger charge is 2.29. The van der Waals surface area contributed by atoms with Crippen LogP contribution in [0.2, 0.25) is 0 Å². The molecule has 1 aliphatic rings. The number of nitrogens with one attached hydrogen (secondary N) is 1. The number of methoxy groups -OCH3 is 1. The van der Waals surface area contributed by atoms with E-state index in [1.807, 2.05) is 0 Å². The van der Waals surface area contributed by atoms with Gasteiger partial charge in [0.2, 0.25) is 29.1 Å². The average molecular weight is 458 g/mol. The lowest BCUT2D eigenvalue weighted by atomic mass is 10.1. The van der Waals surface area contributed by atoms with Crippen LogP contribution in [0.3, 0.4) is 0 Å². The molecule has 1 fully saturated rings. The summed E-state index contributed by atoms with van der Waals surface area (Å²) in [5.41, 5.74) is 0.929. The second kappa shape index (κ2) is 8.88. The van der Waals surface area contributed by atoms with Crippen molar-refractivity contribution in [2.75, 3.05) is 13.7 Å². The number of thiocarbonyl (C=S) groups is 1. The van der Waals surface area contributed by atoms with Crippen LogP contribution in [-0.4, -0.2) is 29.6 Å². The number of ether oxygens (including phenoxy) is 2. The van der Waals surface area contributed by atoms with Gasteiger partial charge in [0.05, 0.1) is 7.11 Å². The standard InChI is InChI=1S/C20H15F5N2O3S/c1-3-27-19(28)11(26-20(27)31)7-9-4-5-12(29-2)10(6-9)8-30-18-16(24)14(22)13(21)15(23)17(18)25/h4-7H,3,8H2,1-2H3,(H,26,31)/b11-7+. The van der Waals surface area contributed by atoms with E-state index in [0.29, 0.717) is 12.1 Å². The molecule has 0 unspecified atom stereocenters. The molecule has 0 aromatic heterocycles. The Bertz CT molecular complexity index is 1080. The van der Waals surface area contributed by atoms with E-state index < -0.39 is 41.4 Å². The lowest BCUT2D eigenvalue weighted by Gasteiger charge is -2.13. The summed E-state index contributed by atoms with van der Waals surface area (Å²) in [6.45, 7) is 1.57. The number of rotatable bonds is 6. The number of carbonyl (C=O) groups is 1. The molecule has 1 amide bonds. The third-order valence-electron chi connectivity index (χ3n) is 4.44. The number of nitrogens with zero attached hydrogens (tertiary/aromatic N) is 1. The summed E-state index contributed by atoms with van der Waals surface area (Å²) in [6, 6.07) is 4.57. The third-order valence-corrected chi connectivity index (χ3v) is 4.76. The smallest absolute Gasteiger partial charge is 0.276 e. The molecule has 11 heteroatoms. The van der Waals surface area contributed by atoms with Crippen molar-refractivity contribution >= 4 is 29.3 Å². The van der Waals surface area contributed by atoms with Crippen molar-refractivity contribution in [1.82, 2.24) is 10.2 Å². The maximum Gasteiger partial charge on any atom is 0.276 e. The SMILES string of the molecule is CCN1C(=O)/C(=C\c2ccc(OC)c(COc3c(F)c(F)c(F)c(F)c3F)c2)NC1=S. The van der Waals surface area contributed by atoms with E-state index in [-0.39, 0.29) is 28.0 Å². The number of carbonyl (C=O) groups excluding carboxylic acids is 1. The Morgan fingerprint density at radius 3 is 2.23 bits per heavy atom. The van der Waals surface area contributed by atoms with Gasteiger partial charge in [-0.05, 0) is 42.9 Å². The van der Waals surface area contributed by atoms with Crippen molar-refractivity contribution in [2.45, 2.75) is 13.5 Å². The summed E-state index contributed by atoms with van der Waals surface area (Å²) >= 11 is 5.08. The average Bonchev–Trinajstić information content (AvgIpc) is 3.03. The Morgan fingerprint density at radius 1 is 1.06 bits per heavy atom. The zero-order chi connectivity index (χ0) is 22.9. The van der Waals surface area contributed by atoms with Gasteiger partial charge in [-0.1, -0.05) is 6.07 Å². The molecule has 31 heavy (non-hydrogen) atoms. The monoisotopic (exact) mass is 458 g/mol. The molecule has 5 nitrogen and oxygen atoms in total. The first-order valence-electron chi connectivity index (χ1n) is 8.85. The van der Waals surface area contributed by atoms with Gasteiger partial charge >= 0.3 is 0 Å². The zero-order valence-corrected chi connectivity index (χ0v) is 17.0. The fourth-order valence-electron chi connectivity index (χ4n) is 2.89. The first kappa shape index (κ1) is 22.5. The van der Waals surface area contributed by atoms with Gasteiger partial charge < -0.3 is 14.8 Å². The predicted octanol–water partition coefficient (Wildman–Crippen LogP) is 4.05. The van der Waals surface area contributed by atoms with E-state index in [2.05, 4.69) is 5.32 Å². The largest absolute Gasteiger partial charge is 0.496 e. The van der Waals surface area contributed by atoms with Crippen molar-refractivity contribution in [1.29, 1.82) is 0 Å². The molecular formula is C20H15F5N2O3S. The Labute approximate surface area is 179 Å². The first-order valence-corrected chi connectivity index (χ1v) is 9.26. The van der Waals surface area contributed by atoms with Crippen LogP contribution in [-0.2, 0) is 11.4 Å². The Kier molecular flexibility index (Phi) is 6.44. The molecule has 0 radical (unpaired) electrons. The molecule has 0 spiro atoms. The summed E-state index contributed by atoms with van der Waals surface area (Å²) in [7, 11) is 1.33. The molecule has 0 bridgehead atoms. The van der Waals surface area contributed by atoms with Gasteiger partial charge in [0.15, 0.2) is 10.9 Å². The lowest BCUT2D eigenvalue weighted by molar-refractivity contribution is -0.122. The van der Waals surface area contributed by atoms with Gasteiger partial charge in [-0.2, -0.15) is 8.78 Å². The van der Waals surface area contributed by atoms with E-state index in [4.69, 9.17) is 21.7 Å². The lowest BCUT2D eigenvalue weighted by Crippen LogP contribution is -2.30. The molecule has 2 aromatic rings. The highest BCUT2D eigenvalue weighted by Crippen LogP contribution is 2.31. The number of benzene rings is 2. The number of likely N-dealkylation sites (N-methyl/N-ethyl adjacent to an activating group) is 1. The van der Waals surface area contributed by atoms with Crippen molar-refractivity contribution in [3.63, 3.8) is 0 Å². The van der Waals surface area contributed by atoms with Crippen molar-refractivity contribution in [3.8, 4) is 11.5 Å². The summed E-state index contributed by atoms with van der Waals surface area (Å²) in [5.74, 6) is -12.2. The Morgan fingerprint density at radius 2 is 1.68 bits per heavy atom. The normalized spacial score (nSPS) is 14.9. The van der Waals surface area contributed by atoms with Gasteiger partial charge in [-0.3, -0.25) is 9.69 Å². The van der Waals surface area contributed by atoms with Crippen LogP contribution in [0.4, 0.5) is 22.0 Å². The summed E-state index contributed by atoms with van der Waals surface area (Å²) in [4.78, 5) is 13.7. The van der Waals surface area contributed by atoms with Crippen molar-refractivity contribution in [2.24, 2.45) is 0 Å². The van der Waals surface area contributed by atoms with E-state index in [1.54, 1.807) is 13.0 Å². The topological polar surface area (TPSA) is 50.8 Å². The van der Waals surface area contributed by atoms with Crippen LogP contribution < -0.4 is 14.8 Å². The van der Waals surface area contributed by atoms with Crippen molar-refractivity contribution < 1.29 is 36.2 Å². The Balaban J connectivity index is 1.91. The quantitative estimate of drug-likeness (QED) is 0.233. The van der Waals surface area contributed by atoms with E-state index in [0.717, 1.165) is 0 Å². The van der Waals surface area contributed by atoms with Gasteiger partial charge in [0.25, 0.3) is 5.91 Å². The molecule has 164 valence electrons. The molecule has 1 N–H and O–H groups in total. The minimum absolute atomic E-state index is 0.212. The van der Waals surface area contributed by atoms with Gasteiger partial charge in [0.1, 0.15) is 18.1 Å². The highest BCUT2D eigenvalue weighted by atomic mass is 32.1. The molecular weight excluding hydrogens is 443 g/mol. The van der Waals surface area contributed by atoms with E-state index in [9.17, 15) is 26.7 Å². The second-order valence-electron chi connectivity index (χ2n) is 6.30. The van der Waals surface area contributed by atoms with Crippen LogP contribution in [0, 0.1) is 29.1 Å². The van der Waals surface area contributed by atoms with Gasteiger partial charge in [-0.15, -0.1) is 0 Å². The minimum Gasteiger partial charge on any atom is -0.496 e. The minimum atomic E-state index is -2.28. The van der Waals surface area contributed by atoms with Crippen LogP contribution in [0.1, 0.15) is 18.1 Å². The number of hydrogen-bond acceptors (Lipinski definition) is 4. The van der Waals surface area contributed by atoms with Crippen LogP contribution in [0.5, 0.6) is 11.5 Å².